The molecule has 82 valence electrons. The molecule has 1 aromatic rings. The Hall–Kier alpha value is -1.38. The topological polar surface area (TPSA) is 42.0 Å². The monoisotopic (exact) mass is 206 g/mol. The second-order valence-electron chi connectivity index (χ2n) is 4.19. The lowest BCUT2D eigenvalue weighted by atomic mass is 10.1. The van der Waals surface area contributed by atoms with E-state index in [0.717, 1.165) is 5.69 Å². The summed E-state index contributed by atoms with van der Waals surface area (Å²) in [6.45, 7) is 8.07. The summed E-state index contributed by atoms with van der Waals surface area (Å²) in [4.78, 5) is 15.8. The van der Waals surface area contributed by atoms with Gasteiger partial charge in [0, 0.05) is 17.9 Å². The van der Waals surface area contributed by atoms with Crippen molar-refractivity contribution in [1.29, 1.82) is 0 Å². The van der Waals surface area contributed by atoms with Crippen LogP contribution in [0.5, 0.6) is 0 Å². The van der Waals surface area contributed by atoms with Gasteiger partial charge in [-0.05, 0) is 31.9 Å². The van der Waals surface area contributed by atoms with E-state index in [1.165, 1.54) is 0 Å². The SMILES string of the molecule is Cc1ccc(C(=O)NC(C)C(C)C)cn1. The lowest BCUT2D eigenvalue weighted by molar-refractivity contribution is 0.0930. The summed E-state index contributed by atoms with van der Waals surface area (Å²) in [5, 5.41) is 2.94. The zero-order valence-corrected chi connectivity index (χ0v) is 9.74. The summed E-state index contributed by atoms with van der Waals surface area (Å²) < 4.78 is 0. The molecule has 0 aromatic carbocycles. The number of carbonyl (C=O) groups is 1. The van der Waals surface area contributed by atoms with Gasteiger partial charge in [0.1, 0.15) is 0 Å². The van der Waals surface area contributed by atoms with Gasteiger partial charge < -0.3 is 5.32 Å². The first-order chi connectivity index (χ1) is 7.00. The van der Waals surface area contributed by atoms with Gasteiger partial charge in [0.25, 0.3) is 5.91 Å². The Labute approximate surface area is 90.9 Å². The molecule has 0 aliphatic carbocycles. The molecule has 1 amide bonds. The van der Waals surface area contributed by atoms with Crippen LogP contribution in [-0.2, 0) is 0 Å². The molecule has 1 aromatic heterocycles. The van der Waals surface area contributed by atoms with E-state index < -0.39 is 0 Å². The molecule has 1 unspecified atom stereocenters. The Morgan fingerprint density at radius 1 is 1.33 bits per heavy atom. The molecule has 1 rings (SSSR count). The third-order valence-electron chi connectivity index (χ3n) is 2.53. The van der Waals surface area contributed by atoms with Crippen molar-refractivity contribution in [3.8, 4) is 0 Å². The zero-order chi connectivity index (χ0) is 11.4. The van der Waals surface area contributed by atoms with Gasteiger partial charge in [0.05, 0.1) is 5.56 Å². The minimum absolute atomic E-state index is 0.0521. The van der Waals surface area contributed by atoms with Crippen molar-refractivity contribution in [3.63, 3.8) is 0 Å². The highest BCUT2D eigenvalue weighted by Gasteiger charge is 2.12. The largest absolute Gasteiger partial charge is 0.349 e. The number of amides is 1. The lowest BCUT2D eigenvalue weighted by Crippen LogP contribution is -2.36. The molecule has 0 spiro atoms. The summed E-state index contributed by atoms with van der Waals surface area (Å²) in [5.74, 6) is 0.385. The summed E-state index contributed by atoms with van der Waals surface area (Å²) >= 11 is 0. The van der Waals surface area contributed by atoms with Crippen LogP contribution >= 0.6 is 0 Å². The molecule has 0 aliphatic heterocycles. The van der Waals surface area contributed by atoms with Crippen molar-refractivity contribution < 1.29 is 4.79 Å². The second kappa shape index (κ2) is 4.91. The normalized spacial score (nSPS) is 12.6. The number of nitrogens with zero attached hydrogens (tertiary/aromatic N) is 1. The molecule has 0 bridgehead atoms. The van der Waals surface area contributed by atoms with Crippen molar-refractivity contribution in [1.82, 2.24) is 10.3 Å². The van der Waals surface area contributed by atoms with Gasteiger partial charge in [0.2, 0.25) is 0 Å². The van der Waals surface area contributed by atoms with E-state index in [-0.39, 0.29) is 11.9 Å². The zero-order valence-electron chi connectivity index (χ0n) is 9.74. The van der Waals surface area contributed by atoms with E-state index in [9.17, 15) is 4.79 Å². The van der Waals surface area contributed by atoms with E-state index in [1.807, 2.05) is 19.9 Å². The number of hydrogen-bond acceptors (Lipinski definition) is 2. The molecule has 0 saturated heterocycles. The fraction of sp³-hybridized carbons (Fsp3) is 0.500. The van der Waals surface area contributed by atoms with Gasteiger partial charge in [-0.25, -0.2) is 0 Å². The molecular weight excluding hydrogens is 188 g/mol. The van der Waals surface area contributed by atoms with Crippen LogP contribution in [0, 0.1) is 12.8 Å². The Kier molecular flexibility index (Phi) is 3.83. The predicted octanol–water partition coefficient (Wildman–Crippen LogP) is 2.16. The molecule has 3 nitrogen and oxygen atoms in total. The minimum atomic E-state index is -0.0521. The first kappa shape index (κ1) is 11.7. The highest BCUT2D eigenvalue weighted by atomic mass is 16.1. The summed E-state index contributed by atoms with van der Waals surface area (Å²) in [7, 11) is 0. The molecule has 0 radical (unpaired) electrons. The van der Waals surface area contributed by atoms with Gasteiger partial charge in [-0.3, -0.25) is 9.78 Å². The molecule has 15 heavy (non-hydrogen) atoms. The molecule has 0 fully saturated rings. The van der Waals surface area contributed by atoms with Crippen molar-refractivity contribution in [2.45, 2.75) is 33.7 Å². The first-order valence-electron chi connectivity index (χ1n) is 5.24. The number of aryl methyl sites for hydroxylation is 1. The van der Waals surface area contributed by atoms with Crippen LogP contribution < -0.4 is 5.32 Å². The Balaban J connectivity index is 2.65. The van der Waals surface area contributed by atoms with Crippen molar-refractivity contribution in [2.24, 2.45) is 5.92 Å². The summed E-state index contributed by atoms with van der Waals surface area (Å²) in [6.07, 6.45) is 1.61. The van der Waals surface area contributed by atoms with E-state index in [1.54, 1.807) is 12.3 Å². The van der Waals surface area contributed by atoms with Crippen molar-refractivity contribution in [3.05, 3.63) is 29.6 Å². The second-order valence-corrected chi connectivity index (χ2v) is 4.19. The maximum Gasteiger partial charge on any atom is 0.253 e. The van der Waals surface area contributed by atoms with Gasteiger partial charge in [-0.2, -0.15) is 0 Å². The molecule has 3 heteroatoms. The standard InChI is InChI=1S/C12H18N2O/c1-8(2)10(4)14-12(15)11-6-5-9(3)13-7-11/h5-8,10H,1-4H3,(H,14,15). The van der Waals surface area contributed by atoms with Crippen LogP contribution in [0.4, 0.5) is 0 Å². The molecular formula is C12H18N2O. The van der Waals surface area contributed by atoms with Gasteiger partial charge in [0.15, 0.2) is 0 Å². The number of pyridine rings is 1. The average molecular weight is 206 g/mol. The van der Waals surface area contributed by atoms with Crippen LogP contribution in [0.3, 0.4) is 0 Å². The Morgan fingerprint density at radius 2 is 2.00 bits per heavy atom. The summed E-state index contributed by atoms with van der Waals surface area (Å²) in [5.41, 5.74) is 1.54. The molecule has 1 heterocycles. The first-order valence-corrected chi connectivity index (χ1v) is 5.24. The highest BCUT2D eigenvalue weighted by Crippen LogP contribution is 2.03. The predicted molar refractivity (Wildman–Crippen MR) is 60.7 cm³/mol. The average Bonchev–Trinajstić information content (AvgIpc) is 2.18. The van der Waals surface area contributed by atoms with Gasteiger partial charge >= 0.3 is 0 Å². The van der Waals surface area contributed by atoms with Crippen molar-refractivity contribution in [2.75, 3.05) is 0 Å². The van der Waals surface area contributed by atoms with Crippen molar-refractivity contribution >= 4 is 5.91 Å². The van der Waals surface area contributed by atoms with Crippen LogP contribution in [0.2, 0.25) is 0 Å². The minimum Gasteiger partial charge on any atom is -0.349 e. The van der Waals surface area contributed by atoms with Crippen LogP contribution in [0.15, 0.2) is 18.3 Å². The van der Waals surface area contributed by atoms with E-state index in [0.29, 0.717) is 11.5 Å². The number of nitrogens with one attached hydrogen (secondary N) is 1. The Morgan fingerprint density at radius 3 is 2.47 bits per heavy atom. The van der Waals surface area contributed by atoms with E-state index in [4.69, 9.17) is 0 Å². The number of hydrogen-bond donors (Lipinski definition) is 1. The number of carbonyl (C=O) groups excluding carboxylic acids is 1. The molecule has 0 saturated carbocycles. The highest BCUT2D eigenvalue weighted by molar-refractivity contribution is 5.94. The maximum absolute atomic E-state index is 11.7. The third kappa shape index (κ3) is 3.35. The smallest absolute Gasteiger partial charge is 0.253 e. The molecule has 1 atom stereocenters. The lowest BCUT2D eigenvalue weighted by Gasteiger charge is -2.17. The van der Waals surface area contributed by atoms with Crippen LogP contribution in [-0.4, -0.2) is 16.9 Å². The fourth-order valence-corrected chi connectivity index (χ4v) is 1.06. The fourth-order valence-electron chi connectivity index (χ4n) is 1.06. The van der Waals surface area contributed by atoms with Crippen LogP contribution in [0.25, 0.3) is 0 Å². The van der Waals surface area contributed by atoms with Gasteiger partial charge in [-0.1, -0.05) is 13.8 Å². The van der Waals surface area contributed by atoms with E-state index >= 15 is 0 Å². The number of rotatable bonds is 3. The third-order valence-corrected chi connectivity index (χ3v) is 2.53. The maximum atomic E-state index is 11.7. The van der Waals surface area contributed by atoms with Gasteiger partial charge in [-0.15, -0.1) is 0 Å². The summed E-state index contributed by atoms with van der Waals surface area (Å²) in [6, 6.07) is 3.82. The number of aromatic nitrogens is 1. The molecule has 1 N–H and O–H groups in total. The van der Waals surface area contributed by atoms with Crippen LogP contribution in [0.1, 0.15) is 36.8 Å². The quantitative estimate of drug-likeness (QED) is 0.823. The van der Waals surface area contributed by atoms with E-state index in [2.05, 4.69) is 24.1 Å². The Bertz CT molecular complexity index is 330. The molecule has 0 aliphatic rings.